The summed E-state index contributed by atoms with van der Waals surface area (Å²) in [6.45, 7) is 5.02. The molecule has 232 valence electrons. The number of nitrogens with zero attached hydrogens (tertiary/aromatic N) is 3. The molecule has 6 rings (SSSR count). The van der Waals surface area contributed by atoms with Gasteiger partial charge in [0.05, 0.1) is 11.4 Å². The van der Waals surface area contributed by atoms with Crippen molar-refractivity contribution in [1.82, 2.24) is 9.80 Å². The molecule has 3 N–H and O–H groups in total. The van der Waals surface area contributed by atoms with Crippen LogP contribution in [-0.2, 0) is 24.4 Å². The topological polar surface area (TPSA) is 81.9 Å². The Kier molecular flexibility index (Phi) is 9.23. The molecule has 0 atom stereocenters. The Hall–Kier alpha value is -4.53. The van der Waals surface area contributed by atoms with E-state index in [1.807, 2.05) is 41.3 Å². The third kappa shape index (κ3) is 7.59. The number of nitrogens with two attached hydrogens (primary N) is 1. The van der Waals surface area contributed by atoms with Gasteiger partial charge < -0.3 is 25.8 Å². The Morgan fingerprint density at radius 2 is 1.49 bits per heavy atom. The van der Waals surface area contributed by atoms with Crippen molar-refractivity contribution < 1.29 is 14.0 Å². The Morgan fingerprint density at radius 1 is 0.822 bits per heavy atom. The van der Waals surface area contributed by atoms with Crippen LogP contribution in [0.1, 0.15) is 39.9 Å². The maximum Gasteiger partial charge on any atom is 0.255 e. The predicted molar refractivity (Wildman–Crippen MR) is 177 cm³/mol. The van der Waals surface area contributed by atoms with Crippen molar-refractivity contribution in [2.24, 2.45) is 11.7 Å². The van der Waals surface area contributed by atoms with E-state index in [1.54, 1.807) is 12.1 Å². The first-order chi connectivity index (χ1) is 21.9. The monoisotopic (exact) mass is 605 g/mol. The summed E-state index contributed by atoms with van der Waals surface area (Å²) in [4.78, 5) is 33.1. The zero-order valence-corrected chi connectivity index (χ0v) is 25.7. The molecule has 8 heteroatoms. The fraction of sp³-hybridized carbons (Fsp3) is 0.297. The smallest absolute Gasteiger partial charge is 0.255 e. The molecule has 2 aliphatic rings. The molecular weight excluding hydrogens is 565 g/mol. The highest BCUT2D eigenvalue weighted by Crippen LogP contribution is 2.35. The number of piperazine rings is 1. The molecule has 0 aromatic heterocycles. The molecule has 1 saturated carbocycles. The minimum Gasteiger partial charge on any atom is -0.367 e. The summed E-state index contributed by atoms with van der Waals surface area (Å²) < 4.78 is 13.9. The number of hydrogen-bond acceptors (Lipinski definition) is 5. The molecule has 4 aromatic carbocycles. The lowest BCUT2D eigenvalue weighted by molar-refractivity contribution is -0.133. The summed E-state index contributed by atoms with van der Waals surface area (Å²) in [6, 6.07) is 28.2. The highest BCUT2D eigenvalue weighted by molar-refractivity contribution is 6.06. The molecule has 7 nitrogen and oxygen atoms in total. The van der Waals surface area contributed by atoms with E-state index >= 15 is 0 Å². The van der Waals surface area contributed by atoms with Crippen molar-refractivity contribution in [1.29, 1.82) is 0 Å². The third-order valence-corrected chi connectivity index (χ3v) is 8.65. The van der Waals surface area contributed by atoms with E-state index < -0.39 is 5.82 Å². The van der Waals surface area contributed by atoms with E-state index in [0.29, 0.717) is 25.3 Å². The first-order valence-corrected chi connectivity index (χ1v) is 15.7. The lowest BCUT2D eigenvalue weighted by Gasteiger charge is -2.35. The molecule has 1 heterocycles. The first-order valence-electron chi connectivity index (χ1n) is 15.7. The number of carbonyl (C=O) groups is 2. The number of carbonyl (C=O) groups excluding carboxylic acids is 2. The quantitative estimate of drug-likeness (QED) is 0.236. The van der Waals surface area contributed by atoms with Crippen molar-refractivity contribution in [3.8, 4) is 11.1 Å². The minimum absolute atomic E-state index is 0.109. The van der Waals surface area contributed by atoms with Crippen LogP contribution in [0.4, 0.5) is 15.8 Å². The van der Waals surface area contributed by atoms with Gasteiger partial charge in [-0.15, -0.1) is 0 Å². The van der Waals surface area contributed by atoms with Crippen LogP contribution in [0.2, 0.25) is 0 Å². The maximum absolute atomic E-state index is 13.9. The van der Waals surface area contributed by atoms with Gasteiger partial charge in [-0.25, -0.2) is 4.39 Å². The van der Waals surface area contributed by atoms with Crippen molar-refractivity contribution in [2.45, 2.75) is 32.5 Å². The number of amides is 2. The molecule has 4 aromatic rings. The molecule has 2 amide bonds. The van der Waals surface area contributed by atoms with Crippen LogP contribution in [-0.4, -0.2) is 54.8 Å². The Balaban J connectivity index is 1.28. The fourth-order valence-corrected chi connectivity index (χ4v) is 5.91. The van der Waals surface area contributed by atoms with Gasteiger partial charge in [0, 0.05) is 57.3 Å². The van der Waals surface area contributed by atoms with Gasteiger partial charge in [0.1, 0.15) is 5.82 Å². The Labute approximate surface area is 264 Å². The second kappa shape index (κ2) is 13.6. The summed E-state index contributed by atoms with van der Waals surface area (Å²) in [5, 5.41) is 3.07. The lowest BCUT2D eigenvalue weighted by atomic mass is 10.0. The molecule has 45 heavy (non-hydrogen) atoms. The zero-order valence-electron chi connectivity index (χ0n) is 25.7. The van der Waals surface area contributed by atoms with Crippen LogP contribution in [0.25, 0.3) is 11.1 Å². The van der Waals surface area contributed by atoms with Gasteiger partial charge in [-0.3, -0.25) is 9.59 Å². The van der Waals surface area contributed by atoms with E-state index in [-0.39, 0.29) is 23.3 Å². The highest BCUT2D eigenvalue weighted by atomic mass is 19.1. The van der Waals surface area contributed by atoms with Crippen LogP contribution in [0, 0.1) is 11.7 Å². The summed E-state index contributed by atoms with van der Waals surface area (Å²) in [7, 11) is 2.11. The first kappa shape index (κ1) is 30.5. The molecule has 1 aliphatic heterocycles. The minimum atomic E-state index is -0.450. The number of rotatable bonds is 10. The van der Waals surface area contributed by atoms with Gasteiger partial charge in [-0.2, -0.15) is 0 Å². The largest absolute Gasteiger partial charge is 0.367 e. The van der Waals surface area contributed by atoms with Gasteiger partial charge in [-0.1, -0.05) is 54.6 Å². The lowest BCUT2D eigenvalue weighted by Crippen LogP contribution is -2.44. The average molecular weight is 606 g/mol. The highest BCUT2D eigenvalue weighted by Gasteiger charge is 2.33. The molecule has 0 unspecified atom stereocenters. The molecule has 0 spiro atoms. The predicted octanol–water partition coefficient (Wildman–Crippen LogP) is 5.89. The van der Waals surface area contributed by atoms with Crippen LogP contribution in [0.15, 0.2) is 91.0 Å². The van der Waals surface area contributed by atoms with E-state index in [2.05, 4.69) is 52.5 Å². The van der Waals surface area contributed by atoms with Gasteiger partial charge in [0.25, 0.3) is 5.91 Å². The van der Waals surface area contributed by atoms with E-state index in [9.17, 15) is 14.0 Å². The summed E-state index contributed by atoms with van der Waals surface area (Å²) in [6.07, 6.45) is 1.89. The number of benzene rings is 4. The van der Waals surface area contributed by atoms with E-state index in [0.717, 1.165) is 72.5 Å². The van der Waals surface area contributed by atoms with Gasteiger partial charge >= 0.3 is 0 Å². The third-order valence-electron chi connectivity index (χ3n) is 8.65. The van der Waals surface area contributed by atoms with E-state index in [4.69, 9.17) is 5.73 Å². The van der Waals surface area contributed by atoms with Crippen LogP contribution in [0.3, 0.4) is 0 Å². The SMILES string of the molecule is CN1CCN(c2ccc(-c3cccc(CN(Cc4cccc(CN)c4)C(=O)C4CC4)c3)cc2NC(=O)c2cccc(F)c2)CC1. The number of nitrogens with one attached hydrogen (secondary N) is 1. The maximum atomic E-state index is 13.9. The number of hydrogen-bond donors (Lipinski definition) is 2. The number of anilines is 2. The molecule has 2 fully saturated rings. The second-order valence-electron chi connectivity index (χ2n) is 12.2. The van der Waals surface area contributed by atoms with E-state index in [1.165, 1.54) is 12.1 Å². The number of likely N-dealkylation sites (N-methyl/N-ethyl adjacent to an activating group) is 1. The van der Waals surface area contributed by atoms with Gasteiger partial charge in [-0.05, 0) is 84.1 Å². The zero-order chi connectivity index (χ0) is 31.3. The fourth-order valence-electron chi connectivity index (χ4n) is 5.91. The van der Waals surface area contributed by atoms with Crippen molar-refractivity contribution >= 4 is 23.2 Å². The molecule has 0 radical (unpaired) electrons. The molecule has 1 saturated heterocycles. The molecule has 1 aliphatic carbocycles. The molecular formula is C37H40FN5O2. The standard InChI is InChI=1S/C37H40FN5O2/c1-41-15-17-42(18-16-41)35-14-13-31(22-34(35)40-36(44)32-9-4-10-33(38)21-32)30-8-3-7-28(20-30)25-43(37(45)29-11-12-29)24-27-6-2-5-26(19-27)23-39/h2-10,13-14,19-22,29H,11-12,15-18,23-25,39H2,1H3,(H,40,44). The molecule has 0 bridgehead atoms. The van der Waals surface area contributed by atoms with Crippen LogP contribution >= 0.6 is 0 Å². The van der Waals surface area contributed by atoms with Crippen molar-refractivity contribution in [3.63, 3.8) is 0 Å². The van der Waals surface area contributed by atoms with Crippen LogP contribution in [0.5, 0.6) is 0 Å². The summed E-state index contributed by atoms with van der Waals surface area (Å²) in [5.41, 5.74) is 12.8. The number of halogens is 1. The second-order valence-corrected chi connectivity index (χ2v) is 12.2. The van der Waals surface area contributed by atoms with Gasteiger partial charge in [0.2, 0.25) is 5.91 Å². The summed E-state index contributed by atoms with van der Waals surface area (Å²) >= 11 is 0. The Bertz CT molecular complexity index is 1680. The summed E-state index contributed by atoms with van der Waals surface area (Å²) in [5.74, 6) is -0.507. The van der Waals surface area contributed by atoms with Crippen molar-refractivity contribution in [3.05, 3.63) is 119 Å². The average Bonchev–Trinajstić information content (AvgIpc) is 3.91. The van der Waals surface area contributed by atoms with Crippen molar-refractivity contribution in [2.75, 3.05) is 43.4 Å². The normalized spacial score (nSPS) is 15.1. The van der Waals surface area contributed by atoms with Crippen LogP contribution < -0.4 is 16.0 Å². The Morgan fingerprint density at radius 3 is 2.20 bits per heavy atom. The van der Waals surface area contributed by atoms with Gasteiger partial charge in [0.15, 0.2) is 0 Å².